The van der Waals surface area contributed by atoms with Crippen LogP contribution in [0.15, 0.2) is 12.3 Å². The maximum atomic E-state index is 11.8. The third-order valence-electron chi connectivity index (χ3n) is 2.94. The Kier molecular flexibility index (Phi) is 5.85. The zero-order valence-corrected chi connectivity index (χ0v) is 11.7. The molecule has 0 saturated carbocycles. The molecule has 3 atom stereocenters. The summed E-state index contributed by atoms with van der Waals surface area (Å²) in [5.74, 6) is 1.07. The second-order valence-corrected chi connectivity index (χ2v) is 5.97. The summed E-state index contributed by atoms with van der Waals surface area (Å²) in [6.07, 6.45) is 3.87. The molecule has 0 radical (unpaired) electrons. The van der Waals surface area contributed by atoms with Gasteiger partial charge >= 0.3 is 0 Å². The quantitative estimate of drug-likeness (QED) is 0.811. The molecule has 2 N–H and O–H groups in total. The number of aromatic nitrogens is 2. The number of rotatable bonds is 7. The van der Waals surface area contributed by atoms with Crippen molar-refractivity contribution in [2.45, 2.75) is 51.4 Å². The Morgan fingerprint density at radius 2 is 2.18 bits per heavy atom. The average molecular weight is 257 g/mol. The normalized spacial score (nSPS) is 16.7. The Bertz CT molecular complexity index is 364. The molecular formula is C12H23N3OS. The summed E-state index contributed by atoms with van der Waals surface area (Å²) in [4.78, 5) is 0. The Balaban J connectivity index is 2.51. The van der Waals surface area contributed by atoms with Gasteiger partial charge in [-0.25, -0.2) is 0 Å². The van der Waals surface area contributed by atoms with E-state index >= 15 is 0 Å². The highest BCUT2D eigenvalue weighted by Gasteiger charge is 2.10. The van der Waals surface area contributed by atoms with Crippen molar-refractivity contribution in [1.82, 2.24) is 9.78 Å². The minimum Gasteiger partial charge on any atom is -0.327 e. The van der Waals surface area contributed by atoms with E-state index in [-0.39, 0.29) is 6.04 Å². The second kappa shape index (κ2) is 6.91. The van der Waals surface area contributed by atoms with Crippen molar-refractivity contribution in [2.75, 3.05) is 5.75 Å². The first-order valence-corrected chi connectivity index (χ1v) is 7.70. The van der Waals surface area contributed by atoms with Crippen molar-refractivity contribution in [3.63, 3.8) is 0 Å². The molecule has 1 aromatic rings. The average Bonchev–Trinajstić information content (AvgIpc) is 2.76. The van der Waals surface area contributed by atoms with Gasteiger partial charge in [0.2, 0.25) is 0 Å². The smallest absolute Gasteiger partial charge is 0.0749 e. The molecule has 1 rings (SSSR count). The van der Waals surface area contributed by atoms with Gasteiger partial charge in [-0.15, -0.1) is 0 Å². The maximum absolute atomic E-state index is 11.8. The topological polar surface area (TPSA) is 60.9 Å². The summed E-state index contributed by atoms with van der Waals surface area (Å²) < 4.78 is 13.7. The van der Waals surface area contributed by atoms with Crippen molar-refractivity contribution in [2.24, 2.45) is 5.73 Å². The van der Waals surface area contributed by atoms with Crippen LogP contribution in [0, 0.1) is 0 Å². The van der Waals surface area contributed by atoms with E-state index < -0.39 is 10.8 Å². The summed E-state index contributed by atoms with van der Waals surface area (Å²) in [5, 5.41) is 4.44. The SMILES string of the molecule is CCC(N)CS(=O)Cc1ccn(C(C)CC)n1. The van der Waals surface area contributed by atoms with E-state index in [0.717, 1.165) is 18.5 Å². The zero-order valence-electron chi connectivity index (χ0n) is 10.9. The molecule has 98 valence electrons. The lowest BCUT2D eigenvalue weighted by Gasteiger charge is -2.09. The van der Waals surface area contributed by atoms with Gasteiger partial charge in [0.25, 0.3) is 0 Å². The number of hydrogen-bond acceptors (Lipinski definition) is 3. The molecule has 0 saturated heterocycles. The van der Waals surface area contributed by atoms with Crippen LogP contribution in [0.5, 0.6) is 0 Å². The zero-order chi connectivity index (χ0) is 12.8. The number of nitrogens with two attached hydrogens (primary N) is 1. The van der Waals surface area contributed by atoms with Crippen LogP contribution in [0.2, 0.25) is 0 Å². The molecule has 0 spiro atoms. The summed E-state index contributed by atoms with van der Waals surface area (Å²) in [6, 6.07) is 2.38. The predicted molar refractivity (Wildman–Crippen MR) is 72.2 cm³/mol. The van der Waals surface area contributed by atoms with Crippen LogP contribution in [0.1, 0.15) is 45.3 Å². The van der Waals surface area contributed by atoms with Crippen molar-refractivity contribution in [3.05, 3.63) is 18.0 Å². The molecule has 5 heteroatoms. The van der Waals surface area contributed by atoms with Gasteiger partial charge in [-0.2, -0.15) is 5.10 Å². The third-order valence-corrected chi connectivity index (χ3v) is 4.36. The molecule has 0 aliphatic carbocycles. The molecule has 0 aliphatic rings. The van der Waals surface area contributed by atoms with Gasteiger partial charge in [0.15, 0.2) is 0 Å². The molecule has 3 unspecified atom stereocenters. The Morgan fingerprint density at radius 1 is 1.47 bits per heavy atom. The molecule has 17 heavy (non-hydrogen) atoms. The largest absolute Gasteiger partial charge is 0.327 e. The van der Waals surface area contributed by atoms with Crippen LogP contribution in [0.25, 0.3) is 0 Å². The van der Waals surface area contributed by atoms with E-state index in [2.05, 4.69) is 18.9 Å². The summed E-state index contributed by atoms with van der Waals surface area (Å²) in [6.45, 7) is 6.27. The highest BCUT2D eigenvalue weighted by atomic mass is 32.2. The summed E-state index contributed by atoms with van der Waals surface area (Å²) >= 11 is 0. The van der Waals surface area contributed by atoms with Gasteiger partial charge in [-0.1, -0.05) is 13.8 Å². The van der Waals surface area contributed by atoms with Gasteiger partial charge in [-0.3, -0.25) is 8.89 Å². The lowest BCUT2D eigenvalue weighted by atomic mass is 10.3. The third kappa shape index (κ3) is 4.60. The van der Waals surface area contributed by atoms with Crippen LogP contribution in [0.4, 0.5) is 0 Å². The highest BCUT2D eigenvalue weighted by molar-refractivity contribution is 7.84. The van der Waals surface area contributed by atoms with Gasteiger partial charge < -0.3 is 5.73 Å². The Labute approximate surface area is 106 Å². The molecule has 4 nitrogen and oxygen atoms in total. The lowest BCUT2D eigenvalue weighted by Crippen LogP contribution is -2.26. The fourth-order valence-corrected chi connectivity index (χ4v) is 2.78. The van der Waals surface area contributed by atoms with E-state index in [4.69, 9.17) is 5.73 Å². The highest BCUT2D eigenvalue weighted by Crippen LogP contribution is 2.10. The van der Waals surface area contributed by atoms with Gasteiger partial charge in [-0.05, 0) is 25.8 Å². The molecule has 0 fully saturated rings. The van der Waals surface area contributed by atoms with Crippen LogP contribution in [-0.2, 0) is 16.6 Å². The van der Waals surface area contributed by atoms with Gasteiger partial charge in [0.1, 0.15) is 0 Å². The van der Waals surface area contributed by atoms with E-state index in [0.29, 0.717) is 17.5 Å². The first kappa shape index (κ1) is 14.4. The Hall–Kier alpha value is -0.680. The maximum Gasteiger partial charge on any atom is 0.0749 e. The van der Waals surface area contributed by atoms with Gasteiger partial charge in [0, 0.05) is 34.8 Å². The number of hydrogen-bond donors (Lipinski definition) is 1. The van der Waals surface area contributed by atoms with Crippen molar-refractivity contribution < 1.29 is 4.21 Å². The predicted octanol–water partition coefficient (Wildman–Crippen LogP) is 1.84. The Morgan fingerprint density at radius 3 is 2.76 bits per heavy atom. The molecule has 0 amide bonds. The fraction of sp³-hybridized carbons (Fsp3) is 0.750. The van der Waals surface area contributed by atoms with E-state index in [1.54, 1.807) is 0 Å². The van der Waals surface area contributed by atoms with Crippen LogP contribution < -0.4 is 5.73 Å². The number of nitrogens with zero attached hydrogens (tertiary/aromatic N) is 2. The van der Waals surface area contributed by atoms with E-state index in [1.165, 1.54) is 0 Å². The lowest BCUT2D eigenvalue weighted by molar-refractivity contribution is 0.475. The van der Waals surface area contributed by atoms with Crippen molar-refractivity contribution in [1.29, 1.82) is 0 Å². The first-order valence-electron chi connectivity index (χ1n) is 6.21. The first-order chi connectivity index (χ1) is 8.06. The molecule has 0 aromatic carbocycles. The molecule has 1 aromatic heterocycles. The van der Waals surface area contributed by atoms with Crippen LogP contribution in [-0.4, -0.2) is 25.8 Å². The molecule has 1 heterocycles. The van der Waals surface area contributed by atoms with Crippen LogP contribution >= 0.6 is 0 Å². The summed E-state index contributed by atoms with van der Waals surface area (Å²) in [5.41, 5.74) is 6.68. The molecule has 0 aliphatic heterocycles. The van der Waals surface area contributed by atoms with Gasteiger partial charge in [0.05, 0.1) is 11.4 Å². The van der Waals surface area contributed by atoms with Crippen molar-refractivity contribution >= 4 is 10.8 Å². The molecular weight excluding hydrogens is 234 g/mol. The standard InChI is InChI=1S/C12H23N3OS/c1-4-10(3)15-7-6-12(14-15)9-17(16)8-11(13)5-2/h6-7,10-11H,4-5,8-9,13H2,1-3H3. The molecule has 0 bridgehead atoms. The second-order valence-electron chi connectivity index (χ2n) is 4.46. The summed E-state index contributed by atoms with van der Waals surface area (Å²) in [7, 11) is -0.904. The van der Waals surface area contributed by atoms with Crippen molar-refractivity contribution in [3.8, 4) is 0 Å². The minimum atomic E-state index is -0.904. The van der Waals surface area contributed by atoms with Crippen LogP contribution in [0.3, 0.4) is 0 Å². The monoisotopic (exact) mass is 257 g/mol. The van der Waals surface area contributed by atoms with E-state index in [1.807, 2.05) is 23.9 Å². The fourth-order valence-electron chi connectivity index (χ4n) is 1.47. The minimum absolute atomic E-state index is 0.0347. The van der Waals surface area contributed by atoms with E-state index in [9.17, 15) is 4.21 Å².